The topological polar surface area (TPSA) is 105 Å². The summed E-state index contributed by atoms with van der Waals surface area (Å²) < 4.78 is 20.1. The minimum Gasteiger partial charge on any atom is -0.461 e. The van der Waals surface area contributed by atoms with E-state index >= 15 is 0 Å². The van der Waals surface area contributed by atoms with E-state index in [4.69, 9.17) is 18.9 Å². The summed E-state index contributed by atoms with van der Waals surface area (Å²) in [6.07, 6.45) is -1.47. The lowest BCUT2D eigenvalue weighted by Gasteiger charge is -2.25. The van der Waals surface area contributed by atoms with Crippen LogP contribution in [-0.4, -0.2) is 48.8 Å². The number of ether oxygens (including phenoxy) is 4. The molecule has 0 spiro atoms. The fourth-order valence-electron chi connectivity index (χ4n) is 2.03. The molecular formula is C14H18O8. The van der Waals surface area contributed by atoms with Gasteiger partial charge in [0.25, 0.3) is 0 Å². The first-order valence-electron chi connectivity index (χ1n) is 6.56. The molecule has 0 fully saturated rings. The minimum atomic E-state index is -1.02. The Balaban J connectivity index is 3.01. The SMILES string of the molecule is CC(=O)OCC1=C[C@@H](OC(C)=O)[C@H](OC(C)=O)[C@H]1OC(C)=O. The molecule has 0 unspecified atom stereocenters. The van der Waals surface area contributed by atoms with E-state index in [9.17, 15) is 19.2 Å². The molecule has 1 rings (SSSR count). The van der Waals surface area contributed by atoms with Crippen molar-refractivity contribution in [3.63, 3.8) is 0 Å². The van der Waals surface area contributed by atoms with Crippen molar-refractivity contribution < 1.29 is 38.1 Å². The highest BCUT2D eigenvalue weighted by molar-refractivity contribution is 5.69. The molecule has 0 N–H and O–H groups in total. The first-order valence-corrected chi connectivity index (χ1v) is 6.56. The van der Waals surface area contributed by atoms with Crippen LogP contribution in [0.3, 0.4) is 0 Å². The molecule has 3 atom stereocenters. The first kappa shape index (κ1) is 17.7. The highest BCUT2D eigenvalue weighted by atomic mass is 16.6. The van der Waals surface area contributed by atoms with Crippen LogP contribution in [0, 0.1) is 0 Å². The van der Waals surface area contributed by atoms with Gasteiger partial charge < -0.3 is 18.9 Å². The molecule has 0 saturated heterocycles. The lowest BCUT2D eigenvalue weighted by Crippen LogP contribution is -2.40. The van der Waals surface area contributed by atoms with Gasteiger partial charge in [0.1, 0.15) is 6.61 Å². The van der Waals surface area contributed by atoms with Gasteiger partial charge in [-0.1, -0.05) is 0 Å². The number of hydrogen-bond donors (Lipinski definition) is 0. The number of carbonyl (C=O) groups is 4. The van der Waals surface area contributed by atoms with Crippen LogP contribution in [0.25, 0.3) is 0 Å². The maximum Gasteiger partial charge on any atom is 0.303 e. The van der Waals surface area contributed by atoms with Crippen LogP contribution in [-0.2, 0) is 38.1 Å². The van der Waals surface area contributed by atoms with Crippen LogP contribution in [0.4, 0.5) is 0 Å². The Morgan fingerprint density at radius 2 is 1.41 bits per heavy atom. The Morgan fingerprint density at radius 1 is 0.864 bits per heavy atom. The number of carbonyl (C=O) groups excluding carboxylic acids is 4. The van der Waals surface area contributed by atoms with Gasteiger partial charge >= 0.3 is 23.9 Å². The normalized spacial score (nSPS) is 23.3. The first-order chi connectivity index (χ1) is 10.2. The zero-order valence-corrected chi connectivity index (χ0v) is 12.8. The van der Waals surface area contributed by atoms with Crippen molar-refractivity contribution in [1.29, 1.82) is 0 Å². The smallest absolute Gasteiger partial charge is 0.303 e. The Hall–Kier alpha value is -2.38. The van der Waals surface area contributed by atoms with E-state index in [1.165, 1.54) is 33.8 Å². The Kier molecular flexibility index (Phi) is 6.09. The Labute approximate surface area is 127 Å². The number of rotatable bonds is 5. The molecular weight excluding hydrogens is 296 g/mol. The monoisotopic (exact) mass is 314 g/mol. The largest absolute Gasteiger partial charge is 0.461 e. The fraction of sp³-hybridized carbons (Fsp3) is 0.571. The van der Waals surface area contributed by atoms with Gasteiger partial charge in [-0.3, -0.25) is 19.2 Å². The quantitative estimate of drug-likeness (QED) is 0.405. The lowest BCUT2D eigenvalue weighted by atomic mass is 10.1. The van der Waals surface area contributed by atoms with E-state index in [1.807, 2.05) is 0 Å². The predicted octanol–water partition coefficient (Wildman–Crippen LogP) is 0.285. The minimum absolute atomic E-state index is 0.164. The maximum atomic E-state index is 11.2. The van der Waals surface area contributed by atoms with Gasteiger partial charge in [-0.15, -0.1) is 0 Å². The molecule has 22 heavy (non-hydrogen) atoms. The van der Waals surface area contributed by atoms with Crippen LogP contribution >= 0.6 is 0 Å². The van der Waals surface area contributed by atoms with Crippen molar-refractivity contribution in [3.05, 3.63) is 11.6 Å². The summed E-state index contributed by atoms with van der Waals surface area (Å²) >= 11 is 0. The van der Waals surface area contributed by atoms with Crippen LogP contribution in [0.1, 0.15) is 27.7 Å². The van der Waals surface area contributed by atoms with Crippen molar-refractivity contribution in [2.75, 3.05) is 6.61 Å². The second kappa shape index (κ2) is 7.58. The molecule has 8 nitrogen and oxygen atoms in total. The van der Waals surface area contributed by atoms with E-state index in [2.05, 4.69) is 0 Å². The number of esters is 4. The summed E-state index contributed by atoms with van der Waals surface area (Å²) in [5.41, 5.74) is 0.378. The highest BCUT2D eigenvalue weighted by Crippen LogP contribution is 2.29. The second-order valence-corrected chi connectivity index (χ2v) is 4.70. The van der Waals surface area contributed by atoms with E-state index < -0.39 is 42.2 Å². The van der Waals surface area contributed by atoms with E-state index in [-0.39, 0.29) is 6.61 Å². The van der Waals surface area contributed by atoms with E-state index in [0.29, 0.717) is 5.57 Å². The lowest BCUT2D eigenvalue weighted by molar-refractivity contribution is -0.173. The fourth-order valence-corrected chi connectivity index (χ4v) is 2.03. The molecule has 0 bridgehead atoms. The molecule has 122 valence electrons. The van der Waals surface area contributed by atoms with Crippen LogP contribution in [0.15, 0.2) is 11.6 Å². The van der Waals surface area contributed by atoms with Crippen LogP contribution < -0.4 is 0 Å². The molecule has 0 radical (unpaired) electrons. The van der Waals surface area contributed by atoms with Gasteiger partial charge in [-0.25, -0.2) is 0 Å². The molecule has 0 heterocycles. The van der Waals surface area contributed by atoms with Crippen molar-refractivity contribution in [3.8, 4) is 0 Å². The highest BCUT2D eigenvalue weighted by Gasteiger charge is 2.44. The van der Waals surface area contributed by atoms with Gasteiger partial charge in [0.2, 0.25) is 0 Å². The molecule has 0 aromatic carbocycles. The van der Waals surface area contributed by atoms with Crippen molar-refractivity contribution >= 4 is 23.9 Å². The Bertz CT molecular complexity index is 507. The molecule has 0 aromatic heterocycles. The van der Waals surface area contributed by atoms with Gasteiger partial charge in [-0.05, 0) is 6.08 Å². The summed E-state index contributed by atoms with van der Waals surface area (Å²) in [5, 5.41) is 0. The molecule has 1 aliphatic carbocycles. The van der Waals surface area contributed by atoms with Gasteiger partial charge in [-0.2, -0.15) is 0 Å². The van der Waals surface area contributed by atoms with Crippen molar-refractivity contribution in [1.82, 2.24) is 0 Å². The van der Waals surface area contributed by atoms with Gasteiger partial charge in [0, 0.05) is 33.3 Å². The molecule has 0 aliphatic heterocycles. The summed E-state index contributed by atoms with van der Waals surface area (Å²) in [5.74, 6) is -2.35. The van der Waals surface area contributed by atoms with Crippen molar-refractivity contribution in [2.45, 2.75) is 46.0 Å². The maximum absolute atomic E-state index is 11.2. The standard InChI is InChI=1S/C14H18O8/c1-7(15)19-6-11-5-12(20-8(2)16)14(22-10(4)18)13(11)21-9(3)17/h5,12-14H,6H2,1-4H3/t12-,13+,14+/m1/s1. The number of hydrogen-bond acceptors (Lipinski definition) is 8. The summed E-state index contributed by atoms with van der Waals surface area (Å²) in [6.45, 7) is 4.63. The molecule has 0 saturated carbocycles. The van der Waals surface area contributed by atoms with Gasteiger partial charge in [0.05, 0.1) is 0 Å². The van der Waals surface area contributed by atoms with Gasteiger partial charge in [0.15, 0.2) is 18.3 Å². The summed E-state index contributed by atoms with van der Waals surface area (Å²) in [4.78, 5) is 44.5. The zero-order chi connectivity index (χ0) is 16.9. The molecule has 0 amide bonds. The average molecular weight is 314 g/mol. The third-order valence-corrected chi connectivity index (χ3v) is 2.71. The molecule has 8 heteroatoms. The second-order valence-electron chi connectivity index (χ2n) is 4.70. The van der Waals surface area contributed by atoms with E-state index in [1.54, 1.807) is 0 Å². The molecule has 0 aromatic rings. The molecule has 1 aliphatic rings. The van der Waals surface area contributed by atoms with Crippen LogP contribution in [0.2, 0.25) is 0 Å². The van der Waals surface area contributed by atoms with Crippen LogP contribution in [0.5, 0.6) is 0 Å². The van der Waals surface area contributed by atoms with Crippen molar-refractivity contribution in [2.24, 2.45) is 0 Å². The summed E-state index contributed by atoms with van der Waals surface area (Å²) in [6, 6.07) is 0. The average Bonchev–Trinajstić information content (AvgIpc) is 2.63. The third kappa shape index (κ3) is 5.19. The zero-order valence-electron chi connectivity index (χ0n) is 12.8. The van der Waals surface area contributed by atoms with E-state index in [0.717, 1.165) is 0 Å². The summed E-state index contributed by atoms with van der Waals surface area (Å²) in [7, 11) is 0. The predicted molar refractivity (Wildman–Crippen MR) is 71.4 cm³/mol. The third-order valence-electron chi connectivity index (χ3n) is 2.71. The Morgan fingerprint density at radius 3 is 1.86 bits per heavy atom.